The van der Waals surface area contributed by atoms with E-state index in [-0.39, 0.29) is 12.5 Å². The maximum atomic E-state index is 11.6. The molecule has 0 radical (unpaired) electrons. The lowest BCUT2D eigenvalue weighted by atomic mass is 10.4. The zero-order valence-corrected chi connectivity index (χ0v) is 15.0. The Morgan fingerprint density at radius 3 is 2.08 bits per heavy atom. The number of aldehydes is 1. The third-order valence-electron chi connectivity index (χ3n) is 2.86. The largest absolute Gasteiger partial charge is 0.377 e. The molecule has 10 heteroatoms. The molecule has 0 rings (SSSR count). The molecule has 0 fully saturated rings. The quantitative estimate of drug-likeness (QED) is 0.174. The second kappa shape index (κ2) is 17.5. The van der Waals surface area contributed by atoms with Crippen LogP contribution in [0.4, 0.5) is 0 Å². The minimum Gasteiger partial charge on any atom is -0.377 e. The molecule has 0 aliphatic rings. The average molecular weight is 373 g/mol. The molecule has 0 aromatic carbocycles. The van der Waals surface area contributed by atoms with E-state index in [0.29, 0.717) is 65.4 Å². The predicted molar refractivity (Wildman–Crippen MR) is 92.4 cm³/mol. The van der Waals surface area contributed by atoms with Crippen LogP contribution < -0.4 is 10.6 Å². The SMILES string of the molecule is CN(CC(=O)NCCOCCOCCOCCNC=O)C(=O)/C=C\C=O. The third-order valence-corrected chi connectivity index (χ3v) is 2.86. The van der Waals surface area contributed by atoms with Crippen LogP contribution in [0.2, 0.25) is 0 Å². The van der Waals surface area contributed by atoms with Crippen molar-refractivity contribution < 1.29 is 33.4 Å². The summed E-state index contributed by atoms with van der Waals surface area (Å²) in [5.74, 6) is -0.744. The van der Waals surface area contributed by atoms with Crippen molar-refractivity contribution in [3.05, 3.63) is 12.2 Å². The average Bonchev–Trinajstić information content (AvgIpc) is 2.63. The topological polar surface area (TPSA) is 123 Å². The number of hydrogen-bond acceptors (Lipinski definition) is 7. The van der Waals surface area contributed by atoms with Crippen molar-refractivity contribution in [3.63, 3.8) is 0 Å². The number of nitrogens with one attached hydrogen (secondary N) is 2. The summed E-state index contributed by atoms with van der Waals surface area (Å²) in [5, 5.41) is 5.10. The number of carbonyl (C=O) groups is 4. The van der Waals surface area contributed by atoms with Gasteiger partial charge in [0.1, 0.15) is 6.29 Å². The normalized spacial score (nSPS) is 10.5. The highest BCUT2D eigenvalue weighted by molar-refractivity contribution is 5.93. The molecular weight excluding hydrogens is 346 g/mol. The Kier molecular flexibility index (Phi) is 16.0. The molecular formula is C16H27N3O7. The first-order valence-corrected chi connectivity index (χ1v) is 8.15. The maximum Gasteiger partial charge on any atom is 0.246 e. The summed E-state index contributed by atoms with van der Waals surface area (Å²) in [6, 6.07) is 0. The van der Waals surface area contributed by atoms with E-state index < -0.39 is 5.91 Å². The van der Waals surface area contributed by atoms with Gasteiger partial charge in [0, 0.05) is 26.2 Å². The first-order valence-electron chi connectivity index (χ1n) is 8.15. The van der Waals surface area contributed by atoms with Crippen LogP contribution in [-0.2, 0) is 33.4 Å². The predicted octanol–water partition coefficient (Wildman–Crippen LogP) is -1.89. The summed E-state index contributed by atoms with van der Waals surface area (Å²) in [4.78, 5) is 44.4. The van der Waals surface area contributed by atoms with E-state index in [1.165, 1.54) is 11.9 Å². The van der Waals surface area contributed by atoms with Crippen LogP contribution in [0.15, 0.2) is 12.2 Å². The van der Waals surface area contributed by atoms with Crippen LogP contribution in [0.5, 0.6) is 0 Å². The molecule has 0 aromatic rings. The van der Waals surface area contributed by atoms with Crippen molar-refractivity contribution in [1.82, 2.24) is 15.5 Å². The Morgan fingerprint density at radius 2 is 1.50 bits per heavy atom. The van der Waals surface area contributed by atoms with Gasteiger partial charge in [0.25, 0.3) is 0 Å². The summed E-state index contributed by atoms with van der Waals surface area (Å²) in [6.07, 6.45) is 3.28. The zero-order valence-electron chi connectivity index (χ0n) is 15.0. The fraction of sp³-hybridized carbons (Fsp3) is 0.625. The first-order chi connectivity index (χ1) is 12.6. The van der Waals surface area contributed by atoms with Gasteiger partial charge in [-0.05, 0) is 6.08 Å². The molecule has 0 aliphatic carbocycles. The summed E-state index contributed by atoms with van der Waals surface area (Å²) in [6.45, 7) is 3.11. The van der Waals surface area contributed by atoms with Crippen molar-refractivity contribution in [2.75, 3.05) is 66.3 Å². The van der Waals surface area contributed by atoms with Crippen LogP contribution in [-0.4, -0.2) is 95.7 Å². The van der Waals surface area contributed by atoms with Crippen molar-refractivity contribution in [2.24, 2.45) is 0 Å². The minimum atomic E-state index is -0.426. The number of ether oxygens (including phenoxy) is 3. The lowest BCUT2D eigenvalue weighted by Gasteiger charge is -2.14. The van der Waals surface area contributed by atoms with Crippen molar-refractivity contribution in [2.45, 2.75) is 0 Å². The van der Waals surface area contributed by atoms with Gasteiger partial charge >= 0.3 is 0 Å². The van der Waals surface area contributed by atoms with Gasteiger partial charge in [-0.3, -0.25) is 19.2 Å². The van der Waals surface area contributed by atoms with E-state index in [4.69, 9.17) is 14.2 Å². The van der Waals surface area contributed by atoms with E-state index in [0.717, 1.165) is 12.2 Å². The fourth-order valence-corrected chi connectivity index (χ4v) is 1.59. The van der Waals surface area contributed by atoms with Crippen molar-refractivity contribution >= 4 is 24.5 Å². The Hall–Kier alpha value is -2.30. The van der Waals surface area contributed by atoms with Gasteiger partial charge in [-0.15, -0.1) is 0 Å². The molecule has 3 amide bonds. The number of nitrogens with zero attached hydrogens (tertiary/aromatic N) is 1. The lowest BCUT2D eigenvalue weighted by Crippen LogP contribution is -2.38. The molecule has 0 aromatic heterocycles. The molecule has 0 bridgehead atoms. The Labute approximate surface area is 152 Å². The molecule has 0 spiro atoms. The molecule has 148 valence electrons. The van der Waals surface area contributed by atoms with Gasteiger partial charge in [-0.2, -0.15) is 0 Å². The van der Waals surface area contributed by atoms with E-state index in [1.54, 1.807) is 0 Å². The molecule has 0 saturated carbocycles. The summed E-state index contributed by atoms with van der Waals surface area (Å²) >= 11 is 0. The summed E-state index contributed by atoms with van der Waals surface area (Å²) < 4.78 is 15.8. The molecule has 2 N–H and O–H groups in total. The molecule has 0 unspecified atom stereocenters. The standard InChI is InChI=1S/C16H27N3O7/c1-19(16(23)3-2-6-20)13-15(22)18-5-8-25-10-12-26-11-9-24-7-4-17-14-21/h2-3,6,14H,4-5,7-13H2,1H3,(H,17,21)(H,18,22)/b3-2-. The Morgan fingerprint density at radius 1 is 0.923 bits per heavy atom. The van der Waals surface area contributed by atoms with Crippen molar-refractivity contribution in [3.8, 4) is 0 Å². The molecule has 0 aliphatic heterocycles. The smallest absolute Gasteiger partial charge is 0.246 e. The Balaban J connectivity index is 3.42. The van der Waals surface area contributed by atoms with Crippen LogP contribution in [0.3, 0.4) is 0 Å². The first kappa shape index (κ1) is 23.7. The van der Waals surface area contributed by atoms with Gasteiger partial charge < -0.3 is 29.7 Å². The second-order valence-electron chi connectivity index (χ2n) is 4.95. The monoisotopic (exact) mass is 373 g/mol. The number of rotatable bonds is 17. The number of likely N-dealkylation sites (N-methyl/N-ethyl adjacent to an activating group) is 1. The molecule has 0 heterocycles. The second-order valence-corrected chi connectivity index (χ2v) is 4.95. The summed E-state index contributed by atoms with van der Waals surface area (Å²) in [5.41, 5.74) is 0. The van der Waals surface area contributed by atoms with Crippen LogP contribution in [0.1, 0.15) is 0 Å². The third kappa shape index (κ3) is 15.2. The highest BCUT2D eigenvalue weighted by atomic mass is 16.5. The molecule has 10 nitrogen and oxygen atoms in total. The number of carbonyl (C=O) groups excluding carboxylic acids is 4. The van der Waals surface area contributed by atoms with E-state index in [1.807, 2.05) is 0 Å². The molecule has 0 atom stereocenters. The van der Waals surface area contributed by atoms with Crippen LogP contribution >= 0.6 is 0 Å². The fourth-order valence-electron chi connectivity index (χ4n) is 1.59. The van der Waals surface area contributed by atoms with Gasteiger partial charge in [0.15, 0.2) is 0 Å². The van der Waals surface area contributed by atoms with Gasteiger partial charge in [0.2, 0.25) is 18.2 Å². The minimum absolute atomic E-state index is 0.104. The highest BCUT2D eigenvalue weighted by Gasteiger charge is 2.09. The maximum absolute atomic E-state index is 11.6. The van der Waals surface area contributed by atoms with E-state index in [9.17, 15) is 19.2 Å². The Bertz CT molecular complexity index is 444. The van der Waals surface area contributed by atoms with Gasteiger partial charge in [0.05, 0.1) is 46.2 Å². The van der Waals surface area contributed by atoms with Gasteiger partial charge in [-0.1, -0.05) is 0 Å². The molecule has 26 heavy (non-hydrogen) atoms. The van der Waals surface area contributed by atoms with Gasteiger partial charge in [-0.25, -0.2) is 0 Å². The number of amides is 3. The number of allylic oxidation sites excluding steroid dienone is 1. The van der Waals surface area contributed by atoms with E-state index >= 15 is 0 Å². The lowest BCUT2D eigenvalue weighted by molar-refractivity contribution is -0.131. The summed E-state index contributed by atoms with van der Waals surface area (Å²) in [7, 11) is 1.47. The van der Waals surface area contributed by atoms with Crippen LogP contribution in [0.25, 0.3) is 0 Å². The number of hydrogen-bond donors (Lipinski definition) is 2. The zero-order chi connectivity index (χ0) is 19.5. The van der Waals surface area contributed by atoms with E-state index in [2.05, 4.69) is 10.6 Å². The van der Waals surface area contributed by atoms with Crippen LogP contribution in [0, 0.1) is 0 Å². The van der Waals surface area contributed by atoms with Crippen molar-refractivity contribution in [1.29, 1.82) is 0 Å². The highest BCUT2D eigenvalue weighted by Crippen LogP contribution is 1.87. The molecule has 0 saturated heterocycles.